The molecule has 0 N–H and O–H groups in total. The van der Waals surface area contributed by atoms with Gasteiger partial charge in [-0.15, -0.1) is 16.7 Å². The van der Waals surface area contributed by atoms with Gasteiger partial charge in [0, 0.05) is 6.54 Å². The quantitative estimate of drug-likeness (QED) is 0.792. The van der Waals surface area contributed by atoms with Crippen molar-refractivity contribution in [2.45, 2.75) is 12.8 Å². The highest BCUT2D eigenvalue weighted by molar-refractivity contribution is 6.16. The van der Waals surface area contributed by atoms with E-state index in [2.05, 4.69) is 10.2 Å². The molecule has 0 aliphatic heterocycles. The third kappa shape index (κ3) is 2.59. The zero-order valence-corrected chi connectivity index (χ0v) is 10.7. The molecule has 0 bridgehead atoms. The zero-order valence-electron chi connectivity index (χ0n) is 9.98. The average Bonchev–Trinajstić information content (AvgIpc) is 2.42. The number of hydrogen-bond acceptors (Lipinski definition) is 3. The smallest absolute Gasteiger partial charge is 0.155 e. The Hall–Kier alpha value is -1.68. The van der Waals surface area contributed by atoms with Gasteiger partial charge in [0.1, 0.15) is 5.82 Å². The first kappa shape index (κ1) is 12.8. The van der Waals surface area contributed by atoms with Gasteiger partial charge in [0.2, 0.25) is 0 Å². The third-order valence-corrected chi connectivity index (χ3v) is 2.85. The van der Waals surface area contributed by atoms with Crippen LogP contribution in [0.3, 0.4) is 0 Å². The molecule has 0 atom stereocenters. The molecular weight excluding hydrogens is 253 g/mol. The van der Waals surface area contributed by atoms with Crippen molar-refractivity contribution in [3.63, 3.8) is 0 Å². The van der Waals surface area contributed by atoms with Crippen LogP contribution >= 0.6 is 11.6 Å². The molecule has 0 unspecified atom stereocenters. The SMILES string of the molecule is CCN(c1ccc(CCl)nn1)c1ccccc1F. The van der Waals surface area contributed by atoms with Crippen LogP contribution < -0.4 is 4.90 Å². The van der Waals surface area contributed by atoms with Crippen LogP contribution in [0.15, 0.2) is 36.4 Å². The van der Waals surface area contributed by atoms with E-state index in [1.54, 1.807) is 35.2 Å². The minimum absolute atomic E-state index is 0.275. The van der Waals surface area contributed by atoms with E-state index >= 15 is 0 Å². The summed E-state index contributed by atoms with van der Waals surface area (Å²) in [5.41, 5.74) is 1.19. The lowest BCUT2D eigenvalue weighted by Gasteiger charge is -2.21. The molecule has 3 nitrogen and oxygen atoms in total. The van der Waals surface area contributed by atoms with Gasteiger partial charge in [-0.05, 0) is 31.2 Å². The van der Waals surface area contributed by atoms with Crippen molar-refractivity contribution in [1.29, 1.82) is 0 Å². The standard InChI is InChI=1S/C13H13ClFN3/c1-2-18(12-6-4-3-5-11(12)15)13-8-7-10(9-14)16-17-13/h3-8H,2,9H2,1H3. The Labute approximate surface area is 110 Å². The van der Waals surface area contributed by atoms with E-state index in [4.69, 9.17) is 11.6 Å². The highest BCUT2D eigenvalue weighted by atomic mass is 35.5. The van der Waals surface area contributed by atoms with E-state index in [-0.39, 0.29) is 5.82 Å². The number of nitrogens with zero attached hydrogens (tertiary/aromatic N) is 3. The fourth-order valence-corrected chi connectivity index (χ4v) is 1.84. The normalized spacial score (nSPS) is 10.4. The lowest BCUT2D eigenvalue weighted by Crippen LogP contribution is -2.19. The third-order valence-electron chi connectivity index (χ3n) is 2.58. The molecular formula is C13H13ClFN3. The molecule has 0 saturated carbocycles. The first-order valence-corrected chi connectivity index (χ1v) is 6.20. The van der Waals surface area contributed by atoms with E-state index in [0.29, 0.717) is 29.6 Å². The van der Waals surface area contributed by atoms with Crippen molar-refractivity contribution in [2.75, 3.05) is 11.4 Å². The minimum atomic E-state index is -0.275. The average molecular weight is 266 g/mol. The van der Waals surface area contributed by atoms with Crippen molar-refractivity contribution in [1.82, 2.24) is 10.2 Å². The van der Waals surface area contributed by atoms with Crippen LogP contribution in [0, 0.1) is 5.82 Å². The minimum Gasteiger partial charge on any atom is -0.323 e. The Morgan fingerprint density at radius 2 is 1.94 bits per heavy atom. The maximum Gasteiger partial charge on any atom is 0.155 e. The van der Waals surface area contributed by atoms with Crippen LogP contribution in [0.4, 0.5) is 15.9 Å². The molecule has 0 aliphatic carbocycles. The summed E-state index contributed by atoms with van der Waals surface area (Å²) in [5, 5.41) is 8.04. The Morgan fingerprint density at radius 1 is 1.17 bits per heavy atom. The van der Waals surface area contributed by atoms with Crippen molar-refractivity contribution in [3.05, 3.63) is 47.9 Å². The summed E-state index contributed by atoms with van der Waals surface area (Å²) in [4.78, 5) is 1.76. The second-order valence-corrected chi connectivity index (χ2v) is 3.98. The van der Waals surface area contributed by atoms with E-state index in [0.717, 1.165) is 0 Å². The molecule has 2 rings (SSSR count). The summed E-state index contributed by atoms with van der Waals surface area (Å²) in [5.74, 6) is 0.651. The van der Waals surface area contributed by atoms with E-state index in [9.17, 15) is 4.39 Å². The molecule has 1 aromatic heterocycles. The van der Waals surface area contributed by atoms with Gasteiger partial charge in [0.15, 0.2) is 5.82 Å². The topological polar surface area (TPSA) is 29.0 Å². The summed E-state index contributed by atoms with van der Waals surface area (Å²) in [6, 6.07) is 10.2. The molecule has 1 aromatic carbocycles. The number of benzene rings is 1. The molecule has 5 heteroatoms. The summed E-state index contributed by atoms with van der Waals surface area (Å²) in [7, 11) is 0. The Balaban J connectivity index is 2.36. The number of alkyl halides is 1. The van der Waals surface area contributed by atoms with Gasteiger partial charge in [-0.3, -0.25) is 0 Å². The molecule has 2 aromatic rings. The van der Waals surface area contributed by atoms with Gasteiger partial charge >= 0.3 is 0 Å². The molecule has 94 valence electrons. The monoisotopic (exact) mass is 265 g/mol. The van der Waals surface area contributed by atoms with E-state index in [1.807, 2.05) is 6.92 Å². The number of para-hydroxylation sites is 1. The molecule has 18 heavy (non-hydrogen) atoms. The highest BCUT2D eigenvalue weighted by Crippen LogP contribution is 2.25. The van der Waals surface area contributed by atoms with Crippen molar-refractivity contribution in [3.8, 4) is 0 Å². The number of halogens is 2. The van der Waals surface area contributed by atoms with Gasteiger partial charge in [0.25, 0.3) is 0 Å². The maximum atomic E-state index is 13.7. The molecule has 1 heterocycles. The Kier molecular flexibility index (Phi) is 4.10. The Bertz CT molecular complexity index is 516. The van der Waals surface area contributed by atoms with Crippen LogP contribution in [0.1, 0.15) is 12.6 Å². The molecule has 0 saturated heterocycles. The first-order chi connectivity index (χ1) is 8.76. The molecule has 0 amide bonds. The summed E-state index contributed by atoms with van der Waals surface area (Å²) < 4.78 is 13.7. The van der Waals surface area contributed by atoms with Gasteiger partial charge in [-0.1, -0.05) is 12.1 Å². The predicted molar refractivity (Wildman–Crippen MR) is 70.7 cm³/mol. The van der Waals surface area contributed by atoms with Gasteiger partial charge in [-0.2, -0.15) is 5.10 Å². The van der Waals surface area contributed by atoms with Crippen molar-refractivity contribution < 1.29 is 4.39 Å². The zero-order chi connectivity index (χ0) is 13.0. The number of anilines is 2. The van der Waals surface area contributed by atoms with Gasteiger partial charge in [-0.25, -0.2) is 4.39 Å². The summed E-state index contributed by atoms with van der Waals surface area (Å²) in [6.07, 6.45) is 0. The van der Waals surface area contributed by atoms with Crippen LogP contribution in [0.2, 0.25) is 0 Å². The number of hydrogen-bond donors (Lipinski definition) is 0. The first-order valence-electron chi connectivity index (χ1n) is 5.67. The molecule has 0 radical (unpaired) electrons. The molecule has 0 aliphatic rings. The van der Waals surface area contributed by atoms with Gasteiger partial charge < -0.3 is 4.90 Å². The highest BCUT2D eigenvalue weighted by Gasteiger charge is 2.12. The van der Waals surface area contributed by atoms with Crippen LogP contribution in [-0.4, -0.2) is 16.7 Å². The number of rotatable bonds is 4. The van der Waals surface area contributed by atoms with Gasteiger partial charge in [0.05, 0.1) is 17.3 Å². The fourth-order valence-electron chi connectivity index (χ4n) is 1.69. The Morgan fingerprint density at radius 3 is 2.50 bits per heavy atom. The molecule has 0 fully saturated rings. The van der Waals surface area contributed by atoms with E-state index < -0.39 is 0 Å². The summed E-state index contributed by atoms with van der Waals surface area (Å²) >= 11 is 5.66. The van der Waals surface area contributed by atoms with Crippen LogP contribution in [0.5, 0.6) is 0 Å². The van der Waals surface area contributed by atoms with Crippen molar-refractivity contribution in [2.24, 2.45) is 0 Å². The van der Waals surface area contributed by atoms with Crippen LogP contribution in [0.25, 0.3) is 0 Å². The lowest BCUT2D eigenvalue weighted by molar-refractivity contribution is 0.625. The second kappa shape index (κ2) is 5.78. The largest absolute Gasteiger partial charge is 0.323 e. The lowest BCUT2D eigenvalue weighted by atomic mass is 10.2. The van der Waals surface area contributed by atoms with E-state index in [1.165, 1.54) is 6.07 Å². The number of aromatic nitrogens is 2. The maximum absolute atomic E-state index is 13.7. The molecule has 0 spiro atoms. The fraction of sp³-hybridized carbons (Fsp3) is 0.231. The predicted octanol–water partition coefficient (Wildman–Crippen LogP) is 3.51. The van der Waals surface area contributed by atoms with Crippen molar-refractivity contribution >= 4 is 23.1 Å². The van der Waals surface area contributed by atoms with Crippen LogP contribution in [-0.2, 0) is 5.88 Å². The second-order valence-electron chi connectivity index (χ2n) is 3.71. The summed E-state index contributed by atoms with van der Waals surface area (Å²) in [6.45, 7) is 2.54.